The number of hydrogen-bond donors (Lipinski definition) is 0. The molecule has 0 saturated heterocycles. The van der Waals surface area contributed by atoms with Crippen molar-refractivity contribution in [3.8, 4) is 11.1 Å². The fourth-order valence-electron chi connectivity index (χ4n) is 5.63. The van der Waals surface area contributed by atoms with Crippen molar-refractivity contribution in [3.63, 3.8) is 0 Å². The quantitative estimate of drug-likeness (QED) is 0.240. The van der Waals surface area contributed by atoms with Gasteiger partial charge in [0, 0.05) is 33.2 Å². The van der Waals surface area contributed by atoms with E-state index in [1.54, 1.807) is 0 Å². The second kappa shape index (κ2) is 8.64. The third-order valence-electron chi connectivity index (χ3n) is 7.45. The van der Waals surface area contributed by atoms with Gasteiger partial charge in [-0.15, -0.1) is 0 Å². The molecular formula is C36H23NO2. The van der Waals surface area contributed by atoms with Crippen LogP contribution in [0.5, 0.6) is 0 Å². The second-order valence-corrected chi connectivity index (χ2v) is 9.78. The molecule has 0 amide bonds. The molecule has 0 aliphatic carbocycles. The minimum absolute atomic E-state index is 0.831. The van der Waals surface area contributed by atoms with Crippen LogP contribution in [-0.4, -0.2) is 0 Å². The van der Waals surface area contributed by atoms with Gasteiger partial charge in [-0.05, 0) is 77.9 Å². The molecule has 0 unspecified atom stereocenters. The van der Waals surface area contributed by atoms with Crippen LogP contribution in [-0.2, 0) is 0 Å². The number of benzene rings is 6. The Morgan fingerprint density at radius 1 is 0.385 bits per heavy atom. The van der Waals surface area contributed by atoms with Crippen LogP contribution in [0.15, 0.2) is 148 Å². The van der Waals surface area contributed by atoms with Gasteiger partial charge in [0.2, 0.25) is 0 Å². The fraction of sp³-hybridized carbons (Fsp3) is 0. The third kappa shape index (κ3) is 3.52. The van der Waals surface area contributed by atoms with Gasteiger partial charge < -0.3 is 13.7 Å². The predicted octanol–water partition coefficient (Wildman–Crippen LogP) is 10.6. The van der Waals surface area contributed by atoms with Crippen molar-refractivity contribution in [2.75, 3.05) is 4.90 Å². The van der Waals surface area contributed by atoms with Crippen LogP contribution in [0.1, 0.15) is 0 Å². The highest BCUT2D eigenvalue weighted by molar-refractivity contribution is 6.22. The second-order valence-electron chi connectivity index (χ2n) is 9.78. The standard InChI is InChI=1S/C36H23NO2/c1-4-10-24(11-5-1)25-16-19-33-31(22-25)35-34(38-33)21-18-29-30-23-28(17-20-32(30)39-36(29)35)37(26-12-6-2-7-13-26)27-14-8-3-9-15-27/h1-23H. The molecule has 0 aliphatic rings. The van der Waals surface area contributed by atoms with Crippen LogP contribution in [0, 0.1) is 0 Å². The highest BCUT2D eigenvalue weighted by Crippen LogP contribution is 2.42. The molecule has 3 heteroatoms. The first-order valence-corrected chi connectivity index (χ1v) is 13.1. The maximum absolute atomic E-state index is 6.55. The fourth-order valence-corrected chi connectivity index (χ4v) is 5.63. The minimum Gasteiger partial charge on any atom is -0.456 e. The van der Waals surface area contributed by atoms with Crippen LogP contribution in [0.25, 0.3) is 55.0 Å². The van der Waals surface area contributed by atoms with E-state index in [0.717, 1.165) is 66.5 Å². The number of rotatable bonds is 4. The Morgan fingerprint density at radius 3 is 1.72 bits per heavy atom. The molecule has 0 N–H and O–H groups in total. The minimum atomic E-state index is 0.831. The van der Waals surface area contributed by atoms with Gasteiger partial charge in [0.25, 0.3) is 0 Å². The first-order valence-electron chi connectivity index (χ1n) is 13.1. The van der Waals surface area contributed by atoms with Crippen molar-refractivity contribution in [3.05, 3.63) is 140 Å². The van der Waals surface area contributed by atoms with Crippen LogP contribution >= 0.6 is 0 Å². The highest BCUT2D eigenvalue weighted by Gasteiger charge is 2.19. The molecule has 3 nitrogen and oxygen atoms in total. The Kier molecular flexibility index (Phi) is 4.82. The van der Waals surface area contributed by atoms with E-state index in [1.807, 2.05) is 18.2 Å². The SMILES string of the molecule is c1ccc(-c2ccc3oc4ccc5c6cc(N(c7ccccc7)c7ccccc7)ccc6oc5c4c3c2)cc1. The molecule has 0 fully saturated rings. The van der Waals surface area contributed by atoms with Gasteiger partial charge in [-0.1, -0.05) is 72.8 Å². The molecular weight excluding hydrogens is 478 g/mol. The number of nitrogens with zero attached hydrogens (tertiary/aromatic N) is 1. The summed E-state index contributed by atoms with van der Waals surface area (Å²) in [6, 6.07) is 48.3. The van der Waals surface area contributed by atoms with Crippen LogP contribution < -0.4 is 4.90 Å². The van der Waals surface area contributed by atoms with Gasteiger partial charge in [0.05, 0.1) is 5.39 Å². The van der Waals surface area contributed by atoms with Gasteiger partial charge in [0.15, 0.2) is 0 Å². The number of anilines is 3. The smallest absolute Gasteiger partial charge is 0.147 e. The van der Waals surface area contributed by atoms with Gasteiger partial charge in [-0.3, -0.25) is 0 Å². The summed E-state index contributed by atoms with van der Waals surface area (Å²) in [5.41, 5.74) is 9.02. The van der Waals surface area contributed by atoms with Crippen molar-refractivity contribution >= 4 is 60.9 Å². The number of furan rings is 2. The van der Waals surface area contributed by atoms with Crippen LogP contribution in [0.2, 0.25) is 0 Å². The lowest BCUT2D eigenvalue weighted by atomic mass is 10.0. The lowest BCUT2D eigenvalue weighted by molar-refractivity contribution is 0.663. The zero-order chi connectivity index (χ0) is 25.8. The highest BCUT2D eigenvalue weighted by atomic mass is 16.3. The molecule has 8 aromatic rings. The predicted molar refractivity (Wildman–Crippen MR) is 161 cm³/mol. The largest absolute Gasteiger partial charge is 0.456 e. The maximum Gasteiger partial charge on any atom is 0.147 e. The van der Waals surface area contributed by atoms with Gasteiger partial charge >= 0.3 is 0 Å². The molecule has 2 aromatic heterocycles. The first kappa shape index (κ1) is 21.8. The van der Waals surface area contributed by atoms with E-state index in [4.69, 9.17) is 8.83 Å². The van der Waals surface area contributed by atoms with Gasteiger partial charge in [0.1, 0.15) is 22.3 Å². The molecule has 2 heterocycles. The normalized spacial score (nSPS) is 11.6. The van der Waals surface area contributed by atoms with E-state index in [9.17, 15) is 0 Å². The summed E-state index contributed by atoms with van der Waals surface area (Å²) >= 11 is 0. The van der Waals surface area contributed by atoms with Crippen molar-refractivity contribution < 1.29 is 8.83 Å². The lowest BCUT2D eigenvalue weighted by Gasteiger charge is -2.25. The van der Waals surface area contributed by atoms with E-state index >= 15 is 0 Å². The maximum atomic E-state index is 6.55. The molecule has 0 spiro atoms. The summed E-state index contributed by atoms with van der Waals surface area (Å²) in [6.07, 6.45) is 0. The summed E-state index contributed by atoms with van der Waals surface area (Å²) in [5.74, 6) is 0. The molecule has 39 heavy (non-hydrogen) atoms. The molecule has 0 bridgehead atoms. The number of fused-ring (bicyclic) bond motifs is 7. The average molecular weight is 502 g/mol. The number of hydrogen-bond acceptors (Lipinski definition) is 3. The molecule has 184 valence electrons. The van der Waals surface area contributed by atoms with Gasteiger partial charge in [-0.25, -0.2) is 0 Å². The summed E-state index contributed by atoms with van der Waals surface area (Å²) in [7, 11) is 0. The van der Waals surface area contributed by atoms with Crippen molar-refractivity contribution in [1.82, 2.24) is 0 Å². The summed E-state index contributed by atoms with van der Waals surface area (Å²) in [4.78, 5) is 2.27. The Balaban J connectivity index is 1.35. The monoisotopic (exact) mass is 501 g/mol. The van der Waals surface area contributed by atoms with Crippen molar-refractivity contribution in [2.24, 2.45) is 0 Å². The lowest BCUT2D eigenvalue weighted by Crippen LogP contribution is -2.09. The van der Waals surface area contributed by atoms with Crippen LogP contribution in [0.3, 0.4) is 0 Å². The third-order valence-corrected chi connectivity index (χ3v) is 7.45. The van der Waals surface area contributed by atoms with E-state index in [0.29, 0.717) is 0 Å². The number of para-hydroxylation sites is 2. The summed E-state index contributed by atoms with van der Waals surface area (Å²) in [5, 5.41) is 4.23. The van der Waals surface area contributed by atoms with E-state index in [2.05, 4.69) is 126 Å². The topological polar surface area (TPSA) is 29.5 Å². The Morgan fingerprint density at radius 2 is 1.00 bits per heavy atom. The Hall–Kier alpha value is -5.28. The molecule has 0 saturated carbocycles. The van der Waals surface area contributed by atoms with E-state index in [1.165, 1.54) is 5.56 Å². The molecule has 0 radical (unpaired) electrons. The summed E-state index contributed by atoms with van der Waals surface area (Å²) < 4.78 is 12.8. The molecule has 0 atom stereocenters. The average Bonchev–Trinajstić information content (AvgIpc) is 3.56. The zero-order valence-corrected chi connectivity index (χ0v) is 21.0. The first-order chi connectivity index (χ1) is 19.3. The van der Waals surface area contributed by atoms with Crippen molar-refractivity contribution in [1.29, 1.82) is 0 Å². The van der Waals surface area contributed by atoms with Gasteiger partial charge in [-0.2, -0.15) is 0 Å². The zero-order valence-electron chi connectivity index (χ0n) is 21.0. The Labute approximate surface area is 225 Å². The molecule has 6 aromatic carbocycles. The molecule has 0 aliphatic heterocycles. The van der Waals surface area contributed by atoms with Crippen molar-refractivity contribution in [2.45, 2.75) is 0 Å². The molecule has 8 rings (SSSR count). The van der Waals surface area contributed by atoms with E-state index in [-0.39, 0.29) is 0 Å². The van der Waals surface area contributed by atoms with E-state index < -0.39 is 0 Å². The summed E-state index contributed by atoms with van der Waals surface area (Å²) in [6.45, 7) is 0. The van der Waals surface area contributed by atoms with Crippen LogP contribution in [0.4, 0.5) is 17.1 Å². The Bertz CT molecular complexity index is 2070.